The summed E-state index contributed by atoms with van der Waals surface area (Å²) in [5, 5.41) is 0.875. The van der Waals surface area contributed by atoms with Gasteiger partial charge in [-0.2, -0.15) is 0 Å². The van der Waals surface area contributed by atoms with Gasteiger partial charge < -0.3 is 4.74 Å². The second-order valence-electron chi connectivity index (χ2n) is 5.68. The van der Waals surface area contributed by atoms with Crippen LogP contribution in [0.5, 0.6) is 5.75 Å². The number of hydrogen-bond acceptors (Lipinski definition) is 2. The molecule has 3 nitrogen and oxygen atoms in total. The fourth-order valence-electron chi connectivity index (χ4n) is 2.55. The molecule has 0 saturated heterocycles. The van der Waals surface area contributed by atoms with Gasteiger partial charge in [0.1, 0.15) is 5.75 Å². The molecular formula is C21H17Cl2NO2. The predicted octanol–water partition coefficient (Wildman–Crippen LogP) is 6.13. The van der Waals surface area contributed by atoms with Crippen LogP contribution in [0.25, 0.3) is 0 Å². The first kappa shape index (κ1) is 18.3. The first-order valence-electron chi connectivity index (χ1n) is 8.12. The molecule has 132 valence electrons. The third-order valence-electron chi connectivity index (χ3n) is 3.79. The fraction of sp³-hybridized carbons (Fsp3) is 0.0952. The van der Waals surface area contributed by atoms with Gasteiger partial charge in [0.25, 0.3) is 5.91 Å². The van der Waals surface area contributed by atoms with Gasteiger partial charge in [-0.15, -0.1) is 0 Å². The molecule has 3 rings (SSSR count). The lowest BCUT2D eigenvalue weighted by Gasteiger charge is -2.26. The largest absolute Gasteiger partial charge is 0.479 e. The molecule has 0 heterocycles. The minimum Gasteiger partial charge on any atom is -0.479 e. The summed E-state index contributed by atoms with van der Waals surface area (Å²) in [7, 11) is 0. The molecule has 0 saturated carbocycles. The zero-order valence-electron chi connectivity index (χ0n) is 14.1. The minimum absolute atomic E-state index is 0.201. The summed E-state index contributed by atoms with van der Waals surface area (Å²) < 4.78 is 5.80. The van der Waals surface area contributed by atoms with Gasteiger partial charge >= 0.3 is 0 Å². The summed E-state index contributed by atoms with van der Waals surface area (Å²) in [6.07, 6.45) is -0.742. The molecule has 0 aromatic heterocycles. The average molecular weight is 386 g/mol. The maximum Gasteiger partial charge on any atom is 0.272 e. The molecule has 5 heteroatoms. The minimum atomic E-state index is -0.742. The van der Waals surface area contributed by atoms with Crippen LogP contribution in [0.1, 0.15) is 6.92 Å². The average Bonchev–Trinajstić information content (AvgIpc) is 2.66. The van der Waals surface area contributed by atoms with E-state index in [1.165, 1.54) is 0 Å². The second-order valence-corrected chi connectivity index (χ2v) is 6.52. The van der Waals surface area contributed by atoms with E-state index >= 15 is 0 Å². The quantitative estimate of drug-likeness (QED) is 0.528. The van der Waals surface area contributed by atoms with Crippen molar-refractivity contribution >= 4 is 40.5 Å². The molecule has 0 fully saturated rings. The third-order valence-corrected chi connectivity index (χ3v) is 4.33. The smallest absolute Gasteiger partial charge is 0.272 e. The number of rotatable bonds is 5. The van der Waals surface area contributed by atoms with Crippen molar-refractivity contribution in [2.45, 2.75) is 13.0 Å². The highest BCUT2D eigenvalue weighted by molar-refractivity contribution is 6.35. The first-order chi connectivity index (χ1) is 12.6. The topological polar surface area (TPSA) is 29.5 Å². The van der Waals surface area contributed by atoms with Crippen molar-refractivity contribution in [2.24, 2.45) is 0 Å². The lowest BCUT2D eigenvalue weighted by Crippen LogP contribution is -2.37. The van der Waals surface area contributed by atoms with Crippen molar-refractivity contribution in [2.75, 3.05) is 4.90 Å². The maximum atomic E-state index is 13.2. The molecule has 3 aromatic rings. The molecule has 0 bridgehead atoms. The van der Waals surface area contributed by atoms with Crippen LogP contribution in [0.3, 0.4) is 0 Å². The van der Waals surface area contributed by atoms with Crippen LogP contribution in [0.4, 0.5) is 11.4 Å². The first-order valence-corrected chi connectivity index (χ1v) is 8.87. The molecule has 0 aliphatic rings. The summed E-state index contributed by atoms with van der Waals surface area (Å²) in [5.74, 6) is 0.214. The third kappa shape index (κ3) is 4.18. The van der Waals surface area contributed by atoms with Crippen molar-refractivity contribution < 1.29 is 9.53 Å². The van der Waals surface area contributed by atoms with Gasteiger partial charge in [-0.25, -0.2) is 0 Å². The summed E-state index contributed by atoms with van der Waals surface area (Å²) in [6.45, 7) is 1.70. The summed E-state index contributed by atoms with van der Waals surface area (Å²) in [4.78, 5) is 14.8. The molecule has 0 spiro atoms. The predicted molar refractivity (Wildman–Crippen MR) is 107 cm³/mol. The van der Waals surface area contributed by atoms with E-state index in [9.17, 15) is 4.79 Å². The lowest BCUT2D eigenvalue weighted by molar-refractivity contribution is -0.123. The number of halogens is 2. The monoisotopic (exact) mass is 385 g/mol. The van der Waals surface area contributed by atoms with Crippen LogP contribution in [0.15, 0.2) is 78.9 Å². The van der Waals surface area contributed by atoms with Crippen LogP contribution in [-0.4, -0.2) is 12.0 Å². The molecule has 0 aliphatic heterocycles. The summed E-state index contributed by atoms with van der Waals surface area (Å²) >= 11 is 12.1. The Kier molecular flexibility index (Phi) is 5.82. The Labute approximate surface area is 162 Å². The summed E-state index contributed by atoms with van der Waals surface area (Å²) in [5.41, 5.74) is 1.53. The van der Waals surface area contributed by atoms with E-state index in [0.717, 1.165) is 11.4 Å². The Bertz CT molecular complexity index is 846. The van der Waals surface area contributed by atoms with Crippen molar-refractivity contribution in [3.8, 4) is 5.75 Å². The van der Waals surface area contributed by atoms with Gasteiger partial charge in [0, 0.05) is 16.4 Å². The maximum absolute atomic E-state index is 13.2. The highest BCUT2D eigenvalue weighted by Gasteiger charge is 2.25. The lowest BCUT2D eigenvalue weighted by atomic mass is 10.2. The highest BCUT2D eigenvalue weighted by atomic mass is 35.5. The van der Waals surface area contributed by atoms with Crippen molar-refractivity contribution in [3.63, 3.8) is 0 Å². The van der Waals surface area contributed by atoms with E-state index in [-0.39, 0.29) is 5.91 Å². The van der Waals surface area contributed by atoms with E-state index in [1.54, 1.807) is 30.0 Å². The number of anilines is 2. The van der Waals surface area contributed by atoms with Gasteiger partial charge in [-0.3, -0.25) is 9.69 Å². The molecule has 3 aromatic carbocycles. The Balaban J connectivity index is 1.90. The molecular weight excluding hydrogens is 369 g/mol. The number of hydrogen-bond donors (Lipinski definition) is 0. The van der Waals surface area contributed by atoms with Crippen LogP contribution >= 0.6 is 23.2 Å². The molecule has 26 heavy (non-hydrogen) atoms. The standard InChI is InChI=1S/C21H17Cl2NO2/c1-15(26-20-13-12-16(22)14-19(20)23)21(25)24(17-8-4-2-5-9-17)18-10-6-3-7-11-18/h2-15H,1H3/t15-/m1/s1. The van der Waals surface area contributed by atoms with E-state index in [1.807, 2.05) is 60.7 Å². The van der Waals surface area contributed by atoms with E-state index in [0.29, 0.717) is 15.8 Å². The highest BCUT2D eigenvalue weighted by Crippen LogP contribution is 2.30. The Morgan fingerprint density at radius 2 is 1.42 bits per heavy atom. The zero-order chi connectivity index (χ0) is 18.5. The van der Waals surface area contributed by atoms with Crippen LogP contribution in [-0.2, 0) is 4.79 Å². The molecule has 1 atom stereocenters. The van der Waals surface area contributed by atoms with Gasteiger partial charge in [0.15, 0.2) is 6.10 Å². The van der Waals surface area contributed by atoms with Crippen molar-refractivity contribution in [1.82, 2.24) is 0 Å². The Hall–Kier alpha value is -2.49. The summed E-state index contributed by atoms with van der Waals surface area (Å²) in [6, 6.07) is 23.8. The zero-order valence-corrected chi connectivity index (χ0v) is 15.6. The number of para-hydroxylation sites is 2. The van der Waals surface area contributed by atoms with Gasteiger partial charge in [0.05, 0.1) is 5.02 Å². The van der Waals surface area contributed by atoms with E-state index in [4.69, 9.17) is 27.9 Å². The van der Waals surface area contributed by atoms with Crippen LogP contribution < -0.4 is 9.64 Å². The van der Waals surface area contributed by atoms with Gasteiger partial charge in [-0.1, -0.05) is 59.6 Å². The Morgan fingerprint density at radius 1 is 0.885 bits per heavy atom. The van der Waals surface area contributed by atoms with Crippen LogP contribution in [0, 0.1) is 0 Å². The molecule has 0 radical (unpaired) electrons. The number of ether oxygens (including phenoxy) is 1. The van der Waals surface area contributed by atoms with Crippen LogP contribution in [0.2, 0.25) is 10.0 Å². The molecule has 0 aliphatic carbocycles. The normalized spacial score (nSPS) is 11.7. The fourth-order valence-corrected chi connectivity index (χ4v) is 3.00. The second kappa shape index (κ2) is 8.26. The number of nitrogens with zero attached hydrogens (tertiary/aromatic N) is 1. The molecule has 0 unspecified atom stereocenters. The van der Waals surface area contributed by atoms with Gasteiger partial charge in [0.2, 0.25) is 0 Å². The Morgan fingerprint density at radius 3 is 1.92 bits per heavy atom. The van der Waals surface area contributed by atoms with E-state index in [2.05, 4.69) is 0 Å². The molecule has 1 amide bonds. The molecule has 0 N–H and O–H groups in total. The number of carbonyl (C=O) groups excluding carboxylic acids is 1. The van der Waals surface area contributed by atoms with Gasteiger partial charge in [-0.05, 0) is 49.4 Å². The van der Waals surface area contributed by atoms with Crippen molar-refractivity contribution in [3.05, 3.63) is 88.9 Å². The number of benzene rings is 3. The SMILES string of the molecule is C[C@@H](Oc1ccc(Cl)cc1Cl)C(=O)N(c1ccccc1)c1ccccc1. The number of carbonyl (C=O) groups is 1. The number of amides is 1. The van der Waals surface area contributed by atoms with Crippen molar-refractivity contribution in [1.29, 1.82) is 0 Å². The van der Waals surface area contributed by atoms with E-state index < -0.39 is 6.10 Å².